The molecule has 1 heterocycles. The molecule has 1 atom stereocenters. The van der Waals surface area contributed by atoms with Crippen LogP contribution in [-0.2, 0) is 11.3 Å². The van der Waals surface area contributed by atoms with Gasteiger partial charge in [-0.1, -0.05) is 44.2 Å². The highest BCUT2D eigenvalue weighted by Crippen LogP contribution is 2.21. The lowest BCUT2D eigenvalue weighted by Crippen LogP contribution is -2.24. The second kappa shape index (κ2) is 5.38. The monoisotopic (exact) mass is 243 g/mol. The van der Waals surface area contributed by atoms with E-state index >= 15 is 0 Å². The zero-order valence-corrected chi connectivity index (χ0v) is 11.2. The highest BCUT2D eigenvalue weighted by atomic mass is 16.2. The zero-order valence-electron chi connectivity index (χ0n) is 11.2. The Hall–Kier alpha value is -1.57. The van der Waals surface area contributed by atoms with Crippen molar-refractivity contribution >= 4 is 5.91 Å². The molecule has 0 spiro atoms. The summed E-state index contributed by atoms with van der Waals surface area (Å²) in [4.78, 5) is 13.7. The highest BCUT2D eigenvalue weighted by Gasteiger charge is 2.27. The van der Waals surface area contributed by atoms with Gasteiger partial charge in [0.25, 0.3) is 0 Å². The van der Waals surface area contributed by atoms with E-state index in [9.17, 15) is 4.79 Å². The van der Waals surface area contributed by atoms with Crippen molar-refractivity contribution < 1.29 is 4.79 Å². The van der Waals surface area contributed by atoms with Gasteiger partial charge in [0.2, 0.25) is 5.91 Å². The molecular formula is C16H21NO. The molecule has 1 unspecified atom stereocenters. The molecule has 0 aliphatic carbocycles. The van der Waals surface area contributed by atoms with Crippen molar-refractivity contribution in [3.05, 3.63) is 48.0 Å². The van der Waals surface area contributed by atoms with E-state index in [0.29, 0.717) is 18.3 Å². The maximum Gasteiger partial charge on any atom is 0.223 e. The first-order chi connectivity index (χ1) is 8.60. The molecule has 18 heavy (non-hydrogen) atoms. The number of amides is 1. The second-order valence-electron chi connectivity index (χ2n) is 5.37. The summed E-state index contributed by atoms with van der Waals surface area (Å²) in [6.45, 7) is 9.68. The lowest BCUT2D eigenvalue weighted by molar-refractivity contribution is -0.128. The van der Waals surface area contributed by atoms with Crippen LogP contribution >= 0.6 is 0 Å². The van der Waals surface area contributed by atoms with E-state index in [1.807, 2.05) is 11.0 Å². The summed E-state index contributed by atoms with van der Waals surface area (Å²) in [5, 5.41) is 0. The van der Waals surface area contributed by atoms with Crippen LogP contribution in [0, 0.1) is 5.92 Å². The number of hydrogen-bond donors (Lipinski definition) is 0. The number of rotatable bonds is 4. The Morgan fingerprint density at radius 2 is 2.06 bits per heavy atom. The third-order valence-electron chi connectivity index (χ3n) is 3.60. The van der Waals surface area contributed by atoms with Crippen molar-refractivity contribution in [1.82, 2.24) is 4.90 Å². The first kappa shape index (κ1) is 12.9. The van der Waals surface area contributed by atoms with Gasteiger partial charge in [0.1, 0.15) is 0 Å². The van der Waals surface area contributed by atoms with E-state index in [4.69, 9.17) is 0 Å². The molecule has 1 aromatic carbocycles. The SMILES string of the molecule is C=CC1CC(=O)N(Cc2ccc(C(C)C)cc2)C1. The van der Waals surface area contributed by atoms with E-state index in [1.54, 1.807) is 0 Å². The van der Waals surface area contributed by atoms with Gasteiger partial charge in [-0.2, -0.15) is 0 Å². The molecule has 2 nitrogen and oxygen atoms in total. The van der Waals surface area contributed by atoms with Crippen molar-refractivity contribution in [2.75, 3.05) is 6.54 Å². The lowest BCUT2D eigenvalue weighted by atomic mass is 10.0. The standard InChI is InChI=1S/C16H21NO/c1-4-13-9-16(18)17(10-13)11-14-5-7-15(8-6-14)12(2)3/h4-8,12-13H,1,9-11H2,2-3H3. The van der Waals surface area contributed by atoms with E-state index in [0.717, 1.165) is 13.1 Å². The van der Waals surface area contributed by atoms with Crippen molar-refractivity contribution in [3.63, 3.8) is 0 Å². The first-order valence-electron chi connectivity index (χ1n) is 6.59. The van der Waals surface area contributed by atoms with Gasteiger partial charge in [0.15, 0.2) is 0 Å². The number of nitrogens with zero attached hydrogens (tertiary/aromatic N) is 1. The minimum Gasteiger partial charge on any atom is -0.338 e. The minimum atomic E-state index is 0.243. The molecule has 2 rings (SSSR count). The quantitative estimate of drug-likeness (QED) is 0.743. The summed E-state index contributed by atoms with van der Waals surface area (Å²) >= 11 is 0. The number of likely N-dealkylation sites (tertiary alicyclic amines) is 1. The third kappa shape index (κ3) is 2.81. The van der Waals surface area contributed by atoms with Crippen molar-refractivity contribution in [1.29, 1.82) is 0 Å². The van der Waals surface area contributed by atoms with Crippen LogP contribution in [0.3, 0.4) is 0 Å². The maximum atomic E-state index is 11.8. The van der Waals surface area contributed by atoms with Gasteiger partial charge >= 0.3 is 0 Å². The predicted molar refractivity (Wildman–Crippen MR) is 74.3 cm³/mol. The predicted octanol–water partition coefficient (Wildman–Crippen LogP) is 3.34. The van der Waals surface area contributed by atoms with Crippen molar-refractivity contribution in [2.45, 2.75) is 32.7 Å². The summed E-state index contributed by atoms with van der Waals surface area (Å²) in [7, 11) is 0. The van der Waals surface area contributed by atoms with Gasteiger partial charge in [-0.15, -0.1) is 6.58 Å². The Morgan fingerprint density at radius 3 is 2.56 bits per heavy atom. The van der Waals surface area contributed by atoms with Crippen molar-refractivity contribution in [3.8, 4) is 0 Å². The highest BCUT2D eigenvalue weighted by molar-refractivity contribution is 5.79. The Balaban J connectivity index is 2.01. The number of carbonyl (C=O) groups is 1. The summed E-state index contributed by atoms with van der Waals surface area (Å²) in [5.41, 5.74) is 2.55. The van der Waals surface area contributed by atoms with Crippen LogP contribution in [-0.4, -0.2) is 17.4 Å². The van der Waals surface area contributed by atoms with Gasteiger partial charge < -0.3 is 4.90 Å². The molecule has 2 heteroatoms. The third-order valence-corrected chi connectivity index (χ3v) is 3.60. The molecule has 96 valence electrons. The fraction of sp³-hybridized carbons (Fsp3) is 0.438. The first-order valence-corrected chi connectivity index (χ1v) is 6.59. The zero-order chi connectivity index (χ0) is 13.1. The average Bonchev–Trinajstić information content (AvgIpc) is 2.71. The number of benzene rings is 1. The molecule has 1 saturated heterocycles. The Kier molecular flexibility index (Phi) is 3.85. The van der Waals surface area contributed by atoms with Gasteiger partial charge in [0, 0.05) is 25.4 Å². The molecule has 0 bridgehead atoms. The van der Waals surface area contributed by atoms with E-state index in [2.05, 4.69) is 44.7 Å². The summed E-state index contributed by atoms with van der Waals surface area (Å²) in [5.74, 6) is 1.12. The van der Waals surface area contributed by atoms with Crippen LogP contribution in [0.2, 0.25) is 0 Å². The molecular weight excluding hydrogens is 222 g/mol. The van der Waals surface area contributed by atoms with Crippen LogP contribution in [0.4, 0.5) is 0 Å². The van der Waals surface area contributed by atoms with Gasteiger partial charge in [0.05, 0.1) is 0 Å². The minimum absolute atomic E-state index is 0.243. The van der Waals surface area contributed by atoms with E-state index in [1.165, 1.54) is 11.1 Å². The molecule has 0 saturated carbocycles. The largest absolute Gasteiger partial charge is 0.338 e. The maximum absolute atomic E-state index is 11.8. The Labute approximate surface area is 109 Å². The summed E-state index contributed by atoms with van der Waals surface area (Å²) < 4.78 is 0. The lowest BCUT2D eigenvalue weighted by Gasteiger charge is -2.16. The van der Waals surface area contributed by atoms with Gasteiger partial charge in [-0.3, -0.25) is 4.79 Å². The summed E-state index contributed by atoms with van der Waals surface area (Å²) in [6, 6.07) is 8.57. The molecule has 0 aromatic heterocycles. The fourth-order valence-electron chi connectivity index (χ4n) is 2.34. The van der Waals surface area contributed by atoms with Crippen LogP contribution in [0.25, 0.3) is 0 Å². The topological polar surface area (TPSA) is 20.3 Å². The van der Waals surface area contributed by atoms with Crippen LogP contribution in [0.1, 0.15) is 37.3 Å². The van der Waals surface area contributed by atoms with Crippen LogP contribution in [0.15, 0.2) is 36.9 Å². The number of carbonyl (C=O) groups excluding carboxylic acids is 1. The Morgan fingerprint density at radius 1 is 1.39 bits per heavy atom. The molecule has 1 aliphatic rings. The Bertz CT molecular complexity index is 433. The molecule has 1 fully saturated rings. The second-order valence-corrected chi connectivity index (χ2v) is 5.37. The molecule has 1 amide bonds. The van der Waals surface area contributed by atoms with Crippen LogP contribution in [0.5, 0.6) is 0 Å². The van der Waals surface area contributed by atoms with E-state index in [-0.39, 0.29) is 5.91 Å². The van der Waals surface area contributed by atoms with E-state index < -0.39 is 0 Å². The summed E-state index contributed by atoms with van der Waals surface area (Å²) in [6.07, 6.45) is 2.51. The van der Waals surface area contributed by atoms with Crippen LogP contribution < -0.4 is 0 Å². The molecule has 0 N–H and O–H groups in total. The smallest absolute Gasteiger partial charge is 0.223 e. The fourth-order valence-corrected chi connectivity index (χ4v) is 2.34. The molecule has 0 radical (unpaired) electrons. The average molecular weight is 243 g/mol. The van der Waals surface area contributed by atoms with Gasteiger partial charge in [-0.25, -0.2) is 0 Å². The normalized spacial score (nSPS) is 19.6. The van der Waals surface area contributed by atoms with Crippen molar-refractivity contribution in [2.24, 2.45) is 5.92 Å². The number of hydrogen-bond acceptors (Lipinski definition) is 1. The van der Waals surface area contributed by atoms with Gasteiger partial charge in [-0.05, 0) is 17.0 Å². The molecule has 1 aromatic rings. The molecule has 1 aliphatic heterocycles.